The van der Waals surface area contributed by atoms with E-state index in [1.807, 2.05) is 6.92 Å². The maximum atomic E-state index is 13.4. The minimum Gasteiger partial charge on any atom is -0.483 e. The fourth-order valence-electron chi connectivity index (χ4n) is 2.66. The van der Waals surface area contributed by atoms with Crippen LogP contribution in [0.15, 0.2) is 51.5 Å². The SMILES string of the molecule is C=C(CC1CSC(CSc2nc(C)cc(=O)[nH]2)=N1)Nc1cc(F)ccc1C.O=CO. The number of hydrogen-bond donors (Lipinski definition) is 3. The molecule has 0 saturated heterocycles. The Labute approximate surface area is 182 Å². The average molecular weight is 451 g/mol. The first-order chi connectivity index (χ1) is 14.3. The molecule has 2 aromatic rings. The number of hydrogen-bond acceptors (Lipinski definition) is 7. The molecule has 1 aliphatic rings. The maximum Gasteiger partial charge on any atom is 0.290 e. The normalized spacial score (nSPS) is 15.0. The summed E-state index contributed by atoms with van der Waals surface area (Å²) in [5, 5.41) is 11.7. The van der Waals surface area contributed by atoms with Crippen LogP contribution in [0.25, 0.3) is 0 Å². The Bertz CT molecular complexity index is 994. The summed E-state index contributed by atoms with van der Waals surface area (Å²) in [6, 6.07) is 6.28. The standard InChI is InChI=1S/C19H21FN4OS2.CH2O2/c1-11-4-5-14(20)8-16(11)21-12(2)6-15-9-26-18(23-15)10-27-19-22-13(3)7-17(25)24-19;2-1-3/h4-5,7-8,15,21H,2,6,9-10H2,1,3H3,(H,22,24,25);1H,(H,2,3). The summed E-state index contributed by atoms with van der Waals surface area (Å²) in [5.74, 6) is 1.29. The van der Waals surface area contributed by atoms with Crippen molar-refractivity contribution in [1.82, 2.24) is 9.97 Å². The van der Waals surface area contributed by atoms with Gasteiger partial charge in [0.25, 0.3) is 12.0 Å². The van der Waals surface area contributed by atoms with Crippen LogP contribution >= 0.6 is 23.5 Å². The highest BCUT2D eigenvalue weighted by Crippen LogP contribution is 2.27. The topological polar surface area (TPSA) is 107 Å². The Morgan fingerprint density at radius 2 is 2.20 bits per heavy atom. The number of nitrogens with one attached hydrogen (secondary N) is 2. The van der Waals surface area contributed by atoms with E-state index in [1.54, 1.807) is 24.8 Å². The molecule has 0 radical (unpaired) electrons. The zero-order chi connectivity index (χ0) is 22.1. The van der Waals surface area contributed by atoms with E-state index >= 15 is 0 Å². The van der Waals surface area contributed by atoms with Gasteiger partial charge in [0.1, 0.15) is 5.82 Å². The minimum atomic E-state index is -0.271. The predicted molar refractivity (Wildman–Crippen MR) is 121 cm³/mol. The van der Waals surface area contributed by atoms with Crippen LogP contribution in [0.5, 0.6) is 0 Å². The molecule has 0 bridgehead atoms. The number of anilines is 1. The zero-order valence-corrected chi connectivity index (χ0v) is 18.3. The highest BCUT2D eigenvalue weighted by atomic mass is 32.2. The van der Waals surface area contributed by atoms with Crippen LogP contribution in [-0.2, 0) is 4.79 Å². The van der Waals surface area contributed by atoms with Gasteiger partial charge in [0.2, 0.25) is 0 Å². The maximum absolute atomic E-state index is 13.4. The van der Waals surface area contributed by atoms with Crippen molar-refractivity contribution < 1.29 is 14.3 Å². The molecular formula is C20H23FN4O3S2. The predicted octanol–water partition coefficient (Wildman–Crippen LogP) is 3.85. The third-order valence-electron chi connectivity index (χ3n) is 3.94. The second-order valence-corrected chi connectivity index (χ2v) is 8.52. The number of aromatic nitrogens is 2. The molecule has 1 aromatic carbocycles. The van der Waals surface area contributed by atoms with Crippen molar-refractivity contribution in [3.8, 4) is 0 Å². The molecule has 3 rings (SSSR count). The number of aryl methyl sites for hydroxylation is 2. The third-order valence-corrected chi connectivity index (χ3v) is 6.14. The smallest absolute Gasteiger partial charge is 0.290 e. The van der Waals surface area contributed by atoms with Gasteiger partial charge in [-0.15, -0.1) is 11.8 Å². The Hall–Kier alpha value is -2.59. The Balaban J connectivity index is 0.00000101. The second-order valence-electron chi connectivity index (χ2n) is 6.47. The van der Waals surface area contributed by atoms with Gasteiger partial charge < -0.3 is 15.4 Å². The lowest BCUT2D eigenvalue weighted by Gasteiger charge is -2.14. The van der Waals surface area contributed by atoms with Gasteiger partial charge in [-0.25, -0.2) is 9.37 Å². The van der Waals surface area contributed by atoms with E-state index in [9.17, 15) is 9.18 Å². The van der Waals surface area contributed by atoms with E-state index in [1.165, 1.54) is 30.0 Å². The zero-order valence-electron chi connectivity index (χ0n) is 16.6. The van der Waals surface area contributed by atoms with Gasteiger partial charge in [-0.3, -0.25) is 14.6 Å². The summed E-state index contributed by atoms with van der Waals surface area (Å²) in [4.78, 5) is 31.6. The first-order valence-corrected chi connectivity index (χ1v) is 11.0. The van der Waals surface area contributed by atoms with Crippen LogP contribution in [0.1, 0.15) is 17.7 Å². The van der Waals surface area contributed by atoms with Crippen LogP contribution in [-0.4, -0.2) is 44.1 Å². The number of halogens is 1. The van der Waals surface area contributed by atoms with Crippen LogP contribution in [0.3, 0.4) is 0 Å². The number of aliphatic imine (C=N–C) groups is 1. The number of carboxylic acid groups (broad SMARTS) is 1. The molecule has 0 saturated carbocycles. The lowest BCUT2D eigenvalue weighted by molar-refractivity contribution is -0.122. The van der Waals surface area contributed by atoms with E-state index in [0.717, 1.165) is 27.7 Å². The van der Waals surface area contributed by atoms with Crippen LogP contribution in [0, 0.1) is 19.7 Å². The average Bonchev–Trinajstić information content (AvgIpc) is 3.10. The van der Waals surface area contributed by atoms with E-state index in [2.05, 4.69) is 21.9 Å². The van der Waals surface area contributed by atoms with Crippen molar-refractivity contribution in [3.05, 3.63) is 64.0 Å². The fraction of sp³-hybridized carbons (Fsp3) is 0.300. The van der Waals surface area contributed by atoms with Gasteiger partial charge in [0, 0.05) is 41.1 Å². The van der Waals surface area contributed by atoms with Crippen molar-refractivity contribution in [3.63, 3.8) is 0 Å². The molecule has 1 atom stereocenters. The fourth-order valence-corrected chi connectivity index (χ4v) is 4.69. The summed E-state index contributed by atoms with van der Waals surface area (Å²) >= 11 is 3.19. The molecule has 2 heterocycles. The molecule has 1 aliphatic heterocycles. The van der Waals surface area contributed by atoms with E-state index in [0.29, 0.717) is 23.0 Å². The molecule has 7 nitrogen and oxygen atoms in total. The Morgan fingerprint density at radius 3 is 2.90 bits per heavy atom. The molecule has 160 valence electrons. The molecule has 3 N–H and O–H groups in total. The second kappa shape index (κ2) is 11.6. The third kappa shape index (κ3) is 7.68. The first-order valence-electron chi connectivity index (χ1n) is 8.99. The lowest BCUT2D eigenvalue weighted by Crippen LogP contribution is -2.10. The van der Waals surface area contributed by atoms with Gasteiger partial charge in [-0.2, -0.15) is 0 Å². The number of nitrogens with zero attached hydrogens (tertiary/aromatic N) is 2. The monoisotopic (exact) mass is 450 g/mol. The largest absolute Gasteiger partial charge is 0.483 e. The molecule has 0 spiro atoms. The molecule has 0 aliphatic carbocycles. The summed E-state index contributed by atoms with van der Waals surface area (Å²) in [6.45, 7) is 7.54. The van der Waals surface area contributed by atoms with Gasteiger partial charge in [-0.05, 0) is 31.5 Å². The van der Waals surface area contributed by atoms with Crippen molar-refractivity contribution >= 4 is 40.7 Å². The number of carbonyl (C=O) groups is 1. The van der Waals surface area contributed by atoms with E-state index in [4.69, 9.17) is 14.9 Å². The molecule has 0 amide bonds. The van der Waals surface area contributed by atoms with Crippen molar-refractivity contribution in [2.75, 3.05) is 16.8 Å². The number of aromatic amines is 1. The minimum absolute atomic E-state index is 0.140. The van der Waals surface area contributed by atoms with Crippen LogP contribution in [0.2, 0.25) is 0 Å². The molecule has 1 unspecified atom stereocenters. The number of H-pyrrole nitrogens is 1. The van der Waals surface area contributed by atoms with Gasteiger partial charge in [-0.1, -0.05) is 24.4 Å². The highest BCUT2D eigenvalue weighted by molar-refractivity contribution is 8.16. The van der Waals surface area contributed by atoms with Crippen molar-refractivity contribution in [2.45, 2.75) is 31.5 Å². The summed E-state index contributed by atoms with van der Waals surface area (Å²) in [5.41, 5.74) is 3.09. The summed E-state index contributed by atoms with van der Waals surface area (Å²) in [6.07, 6.45) is 0.691. The van der Waals surface area contributed by atoms with Crippen molar-refractivity contribution in [2.24, 2.45) is 4.99 Å². The number of rotatable bonds is 7. The van der Waals surface area contributed by atoms with E-state index < -0.39 is 0 Å². The van der Waals surface area contributed by atoms with Crippen LogP contribution < -0.4 is 10.9 Å². The number of thioether (sulfide) groups is 2. The summed E-state index contributed by atoms with van der Waals surface area (Å²) in [7, 11) is 0. The van der Waals surface area contributed by atoms with E-state index in [-0.39, 0.29) is 23.9 Å². The first kappa shape index (κ1) is 23.7. The highest BCUT2D eigenvalue weighted by Gasteiger charge is 2.19. The molecule has 1 aromatic heterocycles. The Kier molecular flexibility index (Phi) is 9.13. The van der Waals surface area contributed by atoms with Gasteiger partial charge in [0.15, 0.2) is 5.16 Å². The Morgan fingerprint density at radius 1 is 1.47 bits per heavy atom. The molecule has 30 heavy (non-hydrogen) atoms. The molecule has 0 fully saturated rings. The molecule has 10 heteroatoms. The van der Waals surface area contributed by atoms with Gasteiger partial charge in [0.05, 0.1) is 11.1 Å². The quantitative estimate of drug-likeness (QED) is 0.334. The van der Waals surface area contributed by atoms with Crippen molar-refractivity contribution in [1.29, 1.82) is 0 Å². The van der Waals surface area contributed by atoms with Gasteiger partial charge >= 0.3 is 0 Å². The summed E-state index contributed by atoms with van der Waals surface area (Å²) < 4.78 is 13.4. The number of benzene rings is 1. The molecular weight excluding hydrogens is 427 g/mol. The lowest BCUT2D eigenvalue weighted by atomic mass is 10.1. The van der Waals surface area contributed by atoms with Crippen LogP contribution in [0.4, 0.5) is 10.1 Å².